The van der Waals surface area contributed by atoms with Gasteiger partial charge in [-0.15, -0.1) is 11.3 Å². The maximum atomic E-state index is 5.08. The molecule has 2 heterocycles. The van der Waals surface area contributed by atoms with Crippen LogP contribution < -0.4 is 5.32 Å². The van der Waals surface area contributed by atoms with Crippen LogP contribution in [0.25, 0.3) is 0 Å². The third kappa shape index (κ3) is 1.99. The van der Waals surface area contributed by atoms with Crippen LogP contribution in [-0.2, 0) is 6.54 Å². The van der Waals surface area contributed by atoms with E-state index in [1.54, 1.807) is 16.8 Å². The highest BCUT2D eigenvalue weighted by molar-refractivity contribution is 7.09. The van der Waals surface area contributed by atoms with Crippen molar-refractivity contribution in [2.75, 3.05) is 5.32 Å². The monoisotopic (exact) mass is 222 g/mol. The molecule has 0 aromatic carbocycles. The van der Waals surface area contributed by atoms with Crippen molar-refractivity contribution in [3.8, 4) is 0 Å². The van der Waals surface area contributed by atoms with Gasteiger partial charge in [0.15, 0.2) is 5.82 Å². The number of rotatable bonds is 4. The lowest BCUT2D eigenvalue weighted by molar-refractivity contribution is 0.422. The first-order valence-electron chi connectivity index (χ1n) is 4.86. The molecule has 0 unspecified atom stereocenters. The lowest BCUT2D eigenvalue weighted by Crippen LogP contribution is -1.97. The fourth-order valence-corrected chi connectivity index (χ4v) is 1.84. The van der Waals surface area contributed by atoms with E-state index < -0.39 is 0 Å². The Balaban J connectivity index is 1.61. The van der Waals surface area contributed by atoms with E-state index in [4.69, 9.17) is 4.52 Å². The molecule has 0 radical (unpaired) electrons. The molecule has 2 aromatic heterocycles. The lowest BCUT2D eigenvalue weighted by atomic mass is 10.4. The molecular weight excluding hydrogens is 212 g/mol. The summed E-state index contributed by atoms with van der Waals surface area (Å²) >= 11 is 1.60. The van der Waals surface area contributed by atoms with E-state index in [9.17, 15) is 0 Å². The summed E-state index contributed by atoms with van der Waals surface area (Å²) in [6.07, 6.45) is 4.21. The van der Waals surface area contributed by atoms with Gasteiger partial charge in [-0.3, -0.25) is 4.98 Å². The van der Waals surface area contributed by atoms with Gasteiger partial charge in [0, 0.05) is 17.0 Å². The fourth-order valence-electron chi connectivity index (χ4n) is 1.31. The zero-order valence-corrected chi connectivity index (χ0v) is 8.83. The second-order valence-corrected chi connectivity index (χ2v) is 4.52. The van der Waals surface area contributed by atoms with E-state index in [2.05, 4.69) is 20.4 Å². The highest BCUT2D eigenvalue weighted by Crippen LogP contribution is 2.38. The summed E-state index contributed by atoms with van der Waals surface area (Å²) in [6.45, 7) is 0.691. The van der Waals surface area contributed by atoms with Crippen molar-refractivity contribution in [3.63, 3.8) is 0 Å². The average molecular weight is 222 g/mol. The number of hydrogen-bond acceptors (Lipinski definition) is 6. The second kappa shape index (κ2) is 3.62. The van der Waals surface area contributed by atoms with E-state index >= 15 is 0 Å². The minimum atomic E-state index is 0.505. The average Bonchev–Trinajstić information content (AvgIpc) is 2.82. The molecule has 0 saturated heterocycles. The molecule has 1 aliphatic rings. The topological polar surface area (TPSA) is 63.8 Å². The first-order valence-corrected chi connectivity index (χ1v) is 5.74. The molecule has 15 heavy (non-hydrogen) atoms. The molecule has 0 amide bonds. The van der Waals surface area contributed by atoms with Crippen molar-refractivity contribution in [2.45, 2.75) is 25.3 Å². The predicted molar refractivity (Wildman–Crippen MR) is 55.7 cm³/mol. The third-order valence-corrected chi connectivity index (χ3v) is 3.06. The van der Waals surface area contributed by atoms with Gasteiger partial charge in [-0.1, -0.05) is 5.16 Å². The minimum absolute atomic E-state index is 0.505. The molecule has 1 N–H and O–H groups in total. The quantitative estimate of drug-likeness (QED) is 0.857. The smallest absolute Gasteiger partial charge is 0.321 e. The third-order valence-electron chi connectivity index (χ3n) is 2.28. The van der Waals surface area contributed by atoms with E-state index in [1.165, 1.54) is 12.8 Å². The molecule has 1 saturated carbocycles. The van der Waals surface area contributed by atoms with Crippen LogP contribution in [0, 0.1) is 0 Å². The van der Waals surface area contributed by atoms with Gasteiger partial charge in [0.1, 0.15) is 0 Å². The van der Waals surface area contributed by atoms with Gasteiger partial charge in [-0.25, -0.2) is 0 Å². The summed E-state index contributed by atoms with van der Waals surface area (Å²) in [4.78, 5) is 9.41. The van der Waals surface area contributed by atoms with Crippen LogP contribution in [0.4, 0.5) is 6.01 Å². The van der Waals surface area contributed by atoms with Gasteiger partial charge in [0.25, 0.3) is 0 Å². The fraction of sp³-hybridized carbons (Fsp3) is 0.444. The van der Waals surface area contributed by atoms with Crippen LogP contribution >= 0.6 is 11.3 Å². The lowest BCUT2D eigenvalue weighted by Gasteiger charge is -1.95. The summed E-state index contributed by atoms with van der Waals surface area (Å²) in [5, 5.41) is 7.00. The number of hydrogen-bond donors (Lipinski definition) is 1. The van der Waals surface area contributed by atoms with Crippen LogP contribution in [0.2, 0.25) is 0 Å². The van der Waals surface area contributed by atoms with Gasteiger partial charge >= 0.3 is 6.01 Å². The van der Waals surface area contributed by atoms with Crippen molar-refractivity contribution < 1.29 is 4.52 Å². The Morgan fingerprint density at radius 3 is 3.20 bits per heavy atom. The van der Waals surface area contributed by atoms with Gasteiger partial charge < -0.3 is 9.84 Å². The molecule has 0 atom stereocenters. The molecule has 3 rings (SSSR count). The Kier molecular flexibility index (Phi) is 2.13. The van der Waals surface area contributed by atoms with Crippen LogP contribution in [-0.4, -0.2) is 15.1 Å². The van der Waals surface area contributed by atoms with Crippen molar-refractivity contribution in [3.05, 3.63) is 22.4 Å². The number of aromatic nitrogens is 3. The molecule has 78 valence electrons. The van der Waals surface area contributed by atoms with Crippen molar-refractivity contribution in [1.29, 1.82) is 0 Å². The number of nitrogens with one attached hydrogen (secondary N) is 1. The number of thiazole rings is 1. The van der Waals surface area contributed by atoms with Crippen LogP contribution in [0.15, 0.2) is 16.2 Å². The molecule has 2 aromatic rings. The zero-order valence-electron chi connectivity index (χ0n) is 8.01. The van der Waals surface area contributed by atoms with E-state index in [1.807, 2.05) is 6.20 Å². The highest BCUT2D eigenvalue weighted by Gasteiger charge is 2.28. The molecule has 0 bridgehead atoms. The zero-order chi connectivity index (χ0) is 10.1. The summed E-state index contributed by atoms with van der Waals surface area (Å²) in [5.41, 5.74) is 1.81. The largest absolute Gasteiger partial charge is 0.333 e. The van der Waals surface area contributed by atoms with Gasteiger partial charge in [0.05, 0.1) is 12.1 Å². The van der Waals surface area contributed by atoms with Crippen LogP contribution in [0.1, 0.15) is 29.5 Å². The molecule has 0 aliphatic heterocycles. The summed E-state index contributed by atoms with van der Waals surface area (Å²) in [6, 6.07) is 0.505. The summed E-state index contributed by atoms with van der Waals surface area (Å²) in [7, 11) is 0. The molecule has 5 nitrogen and oxygen atoms in total. The molecule has 6 heteroatoms. The summed E-state index contributed by atoms with van der Waals surface area (Å²) in [5.74, 6) is 1.37. The predicted octanol–water partition coefficient (Wildman–Crippen LogP) is 2.02. The SMILES string of the molecule is c1ncc(CNc2nc(C3CC3)no2)s1. The minimum Gasteiger partial charge on any atom is -0.333 e. The Morgan fingerprint density at radius 1 is 1.53 bits per heavy atom. The normalized spacial score (nSPS) is 15.5. The Hall–Kier alpha value is -1.43. The molecule has 1 fully saturated rings. The van der Waals surface area contributed by atoms with Crippen LogP contribution in [0.5, 0.6) is 0 Å². The van der Waals surface area contributed by atoms with Gasteiger partial charge in [-0.2, -0.15) is 4.98 Å². The standard InChI is InChI=1S/C9H10N4OS/c1-2-6(1)8-12-9(14-13-8)11-4-7-3-10-5-15-7/h3,5-6H,1-2,4H2,(H,11,12,13). The first-order chi connectivity index (χ1) is 7.42. The Morgan fingerprint density at radius 2 is 2.47 bits per heavy atom. The van der Waals surface area contributed by atoms with Gasteiger partial charge in [-0.05, 0) is 12.8 Å². The second-order valence-electron chi connectivity index (χ2n) is 3.55. The van der Waals surface area contributed by atoms with Gasteiger partial charge in [0.2, 0.25) is 0 Å². The number of nitrogens with zero attached hydrogens (tertiary/aromatic N) is 3. The highest BCUT2D eigenvalue weighted by atomic mass is 32.1. The van der Waals surface area contributed by atoms with Crippen molar-refractivity contribution >= 4 is 17.4 Å². The Labute approximate surface area is 90.5 Å². The summed E-state index contributed by atoms with van der Waals surface area (Å²) < 4.78 is 5.08. The van der Waals surface area contributed by atoms with E-state index in [0.29, 0.717) is 18.5 Å². The van der Waals surface area contributed by atoms with E-state index in [0.717, 1.165) is 10.7 Å². The number of anilines is 1. The molecule has 1 aliphatic carbocycles. The van der Waals surface area contributed by atoms with E-state index in [-0.39, 0.29) is 0 Å². The Bertz CT molecular complexity index is 435. The maximum Gasteiger partial charge on any atom is 0.321 e. The van der Waals surface area contributed by atoms with Crippen molar-refractivity contribution in [1.82, 2.24) is 15.1 Å². The molecular formula is C9H10N4OS. The maximum absolute atomic E-state index is 5.08. The van der Waals surface area contributed by atoms with Crippen molar-refractivity contribution in [2.24, 2.45) is 0 Å². The molecule has 0 spiro atoms. The first kappa shape index (κ1) is 8.84. The van der Waals surface area contributed by atoms with Crippen LogP contribution in [0.3, 0.4) is 0 Å².